The molecule has 19 heteroatoms. The van der Waals surface area contributed by atoms with Crippen molar-refractivity contribution < 1.29 is 57.9 Å². The number of halogens is 11. The summed E-state index contributed by atoms with van der Waals surface area (Å²) in [6.45, 7) is -1.05. The Morgan fingerprint density at radius 1 is 0.913 bits per heavy atom. The van der Waals surface area contributed by atoms with Crippen LogP contribution in [-0.4, -0.2) is 56.0 Å². The molecular formula is C27H29F11N6O2. The first-order valence-electron chi connectivity index (χ1n) is 13.9. The first-order chi connectivity index (χ1) is 21.2. The largest absolute Gasteiger partial charge is 0.400 e. The molecule has 0 radical (unpaired) electrons. The van der Waals surface area contributed by atoms with E-state index in [1.807, 2.05) is 5.32 Å². The summed E-state index contributed by atoms with van der Waals surface area (Å²) in [6.07, 6.45) is -14.8. The molecule has 0 aliphatic heterocycles. The quantitative estimate of drug-likeness (QED) is 0.213. The molecule has 1 aliphatic rings. The van der Waals surface area contributed by atoms with Gasteiger partial charge in [0.1, 0.15) is 11.5 Å². The number of fused-ring (bicyclic) bond motifs is 1. The molecule has 8 nitrogen and oxygen atoms in total. The van der Waals surface area contributed by atoms with E-state index >= 15 is 0 Å². The summed E-state index contributed by atoms with van der Waals surface area (Å²) in [5.41, 5.74) is 1.03. The maximum atomic E-state index is 12.6. The Hall–Kier alpha value is -3.93. The second-order valence-electron chi connectivity index (χ2n) is 10.6. The summed E-state index contributed by atoms with van der Waals surface area (Å²) >= 11 is 0. The van der Waals surface area contributed by atoms with E-state index in [-0.39, 0.29) is 37.4 Å². The van der Waals surface area contributed by atoms with Gasteiger partial charge in [-0.25, -0.2) is 13.8 Å². The number of H-pyrrole nitrogens is 1. The van der Waals surface area contributed by atoms with Gasteiger partial charge in [0, 0.05) is 32.0 Å². The molecule has 2 aromatic heterocycles. The van der Waals surface area contributed by atoms with Gasteiger partial charge in [-0.3, -0.25) is 14.3 Å². The predicted octanol–water partition coefficient (Wildman–Crippen LogP) is 6.97. The predicted molar refractivity (Wildman–Crippen MR) is 140 cm³/mol. The Labute approximate surface area is 254 Å². The van der Waals surface area contributed by atoms with Crippen molar-refractivity contribution in [3.05, 3.63) is 47.5 Å². The van der Waals surface area contributed by atoms with Gasteiger partial charge in [0.2, 0.25) is 11.8 Å². The molecule has 1 saturated carbocycles. The smallest absolute Gasteiger partial charge is 0.352 e. The second-order valence-corrected chi connectivity index (χ2v) is 10.6. The Morgan fingerprint density at radius 2 is 1.57 bits per heavy atom. The molecular weight excluding hydrogens is 649 g/mol. The van der Waals surface area contributed by atoms with Crippen molar-refractivity contribution in [1.82, 2.24) is 30.4 Å². The summed E-state index contributed by atoms with van der Waals surface area (Å²) in [5, 5.41) is 8.20. The fourth-order valence-electron chi connectivity index (χ4n) is 4.44. The van der Waals surface area contributed by atoms with Gasteiger partial charge in [-0.1, -0.05) is 12.5 Å². The topological polar surface area (TPSA) is 105 Å². The molecule has 3 aromatic rings. The highest BCUT2D eigenvalue weighted by atomic mass is 19.4. The molecule has 2 heterocycles. The van der Waals surface area contributed by atoms with Crippen LogP contribution in [0, 0.1) is 5.92 Å². The lowest BCUT2D eigenvalue weighted by atomic mass is 9.97. The highest BCUT2D eigenvalue weighted by molar-refractivity contribution is 5.92. The van der Waals surface area contributed by atoms with Crippen molar-refractivity contribution in [2.45, 2.75) is 89.0 Å². The van der Waals surface area contributed by atoms with E-state index in [0.29, 0.717) is 29.4 Å². The van der Waals surface area contributed by atoms with E-state index in [2.05, 4.69) is 20.4 Å². The number of rotatable bonds is 9. The number of alkyl halides is 11. The van der Waals surface area contributed by atoms with Crippen LogP contribution in [0.1, 0.15) is 66.8 Å². The van der Waals surface area contributed by atoms with E-state index in [1.165, 1.54) is 30.5 Å². The van der Waals surface area contributed by atoms with E-state index < -0.39 is 61.6 Å². The molecule has 256 valence electrons. The van der Waals surface area contributed by atoms with Crippen molar-refractivity contribution in [2.24, 2.45) is 5.92 Å². The van der Waals surface area contributed by atoms with Crippen molar-refractivity contribution in [3.8, 4) is 0 Å². The van der Waals surface area contributed by atoms with Crippen molar-refractivity contribution in [2.75, 3.05) is 0 Å². The lowest BCUT2D eigenvalue weighted by Crippen LogP contribution is -2.40. The summed E-state index contributed by atoms with van der Waals surface area (Å²) < 4.78 is 138. The molecule has 4 rings (SSSR count). The summed E-state index contributed by atoms with van der Waals surface area (Å²) in [7, 11) is 0. The number of nitrogens with zero attached hydrogens (tertiary/aromatic N) is 3. The molecule has 46 heavy (non-hydrogen) atoms. The van der Waals surface area contributed by atoms with E-state index in [4.69, 9.17) is 0 Å². The van der Waals surface area contributed by atoms with Crippen LogP contribution < -0.4 is 10.6 Å². The molecule has 1 aromatic carbocycles. The van der Waals surface area contributed by atoms with Crippen LogP contribution in [0.15, 0.2) is 30.5 Å². The number of hydrogen-bond donors (Lipinski definition) is 3. The molecule has 0 saturated heterocycles. The molecule has 3 N–H and O–H groups in total. The summed E-state index contributed by atoms with van der Waals surface area (Å²) in [6, 6.07) is 5.61. The van der Waals surface area contributed by atoms with Crippen LogP contribution in [0.3, 0.4) is 0 Å². The molecule has 1 fully saturated rings. The number of aryl methyl sites for hydroxylation is 1. The average Bonchev–Trinajstić information content (AvgIpc) is 3.57. The number of imidazole rings is 1. The molecule has 0 atom stereocenters. The number of amides is 2. The van der Waals surface area contributed by atoms with Crippen molar-refractivity contribution in [3.63, 3.8) is 0 Å². The van der Waals surface area contributed by atoms with Gasteiger partial charge >= 0.3 is 18.5 Å². The number of aromatic nitrogens is 4. The van der Waals surface area contributed by atoms with Crippen LogP contribution in [0.5, 0.6) is 0 Å². The third-order valence-corrected chi connectivity index (χ3v) is 6.82. The number of benzene rings is 1. The number of nitrogens with one attached hydrogen (secondary N) is 3. The highest BCUT2D eigenvalue weighted by Gasteiger charge is 2.57. The van der Waals surface area contributed by atoms with E-state index in [9.17, 15) is 57.9 Å². The molecule has 0 unspecified atom stereocenters. The zero-order chi connectivity index (χ0) is 34.3. The fourth-order valence-corrected chi connectivity index (χ4v) is 4.44. The SMILES string of the molecule is FC1(F)CCCCC1.O=C(CC(C(F)(F)F)C(F)(F)F)NCc1ccc2nc(CNC(=O)c3ccnn3CCC(F)(F)F)[nH]c2c1. The highest BCUT2D eigenvalue weighted by Crippen LogP contribution is 2.41. The van der Waals surface area contributed by atoms with Gasteiger partial charge in [0.05, 0.1) is 30.5 Å². The van der Waals surface area contributed by atoms with Gasteiger partial charge in [-0.05, 0) is 36.6 Å². The second kappa shape index (κ2) is 14.7. The van der Waals surface area contributed by atoms with Crippen molar-refractivity contribution in [1.29, 1.82) is 0 Å². The third kappa shape index (κ3) is 11.5. The summed E-state index contributed by atoms with van der Waals surface area (Å²) in [4.78, 5) is 31.1. The average molecular weight is 679 g/mol. The van der Waals surface area contributed by atoms with Gasteiger partial charge in [-0.2, -0.15) is 44.6 Å². The monoisotopic (exact) mass is 678 g/mol. The lowest BCUT2D eigenvalue weighted by molar-refractivity contribution is -0.284. The third-order valence-electron chi connectivity index (χ3n) is 6.82. The Balaban J connectivity index is 0.000000625. The fraction of sp³-hybridized carbons (Fsp3) is 0.556. The minimum atomic E-state index is -5.63. The van der Waals surface area contributed by atoms with Gasteiger partial charge in [0.25, 0.3) is 5.91 Å². The number of carbonyl (C=O) groups is 2. The molecule has 0 bridgehead atoms. The van der Waals surface area contributed by atoms with Crippen LogP contribution >= 0.6 is 0 Å². The molecule has 2 amide bonds. The van der Waals surface area contributed by atoms with Gasteiger partial charge < -0.3 is 15.6 Å². The van der Waals surface area contributed by atoms with Gasteiger partial charge in [0.15, 0.2) is 5.92 Å². The zero-order valence-electron chi connectivity index (χ0n) is 23.9. The Morgan fingerprint density at radius 3 is 2.13 bits per heavy atom. The van der Waals surface area contributed by atoms with Crippen LogP contribution in [0.4, 0.5) is 48.3 Å². The van der Waals surface area contributed by atoms with Crippen LogP contribution in [0.2, 0.25) is 0 Å². The Kier molecular flexibility index (Phi) is 11.6. The molecule has 1 aliphatic carbocycles. The number of aromatic amines is 1. The minimum Gasteiger partial charge on any atom is -0.352 e. The first-order valence-corrected chi connectivity index (χ1v) is 13.9. The van der Waals surface area contributed by atoms with Crippen molar-refractivity contribution >= 4 is 22.8 Å². The lowest BCUT2D eigenvalue weighted by Gasteiger charge is -2.22. The summed E-state index contributed by atoms with van der Waals surface area (Å²) in [5.74, 6) is -8.00. The number of carbonyl (C=O) groups excluding carboxylic acids is 2. The Bertz CT molecular complexity index is 1440. The van der Waals surface area contributed by atoms with Crippen LogP contribution in [0.25, 0.3) is 11.0 Å². The van der Waals surface area contributed by atoms with E-state index in [1.54, 1.807) is 0 Å². The maximum Gasteiger partial charge on any atom is 0.400 e. The minimum absolute atomic E-state index is 0.0957. The van der Waals surface area contributed by atoms with Gasteiger partial charge in [-0.15, -0.1) is 0 Å². The molecule has 0 spiro atoms. The maximum absolute atomic E-state index is 12.6. The van der Waals surface area contributed by atoms with Crippen LogP contribution in [-0.2, 0) is 24.4 Å². The van der Waals surface area contributed by atoms with E-state index in [0.717, 1.165) is 11.1 Å². The standard InChI is InChI=1S/C21H19F9N6O2.C6H10F2/c22-19(23,24)4-6-36-14(3-5-33-36)18(38)32-10-16-34-12-2-1-11(7-13(12)35-16)9-31-17(37)8-15(20(25,26)27)21(28,29)30;7-6(8)4-2-1-3-5-6/h1-3,5,7,15H,4,6,8-10H2,(H,31,37)(H,32,38)(H,34,35);1-5H2. The number of hydrogen-bond acceptors (Lipinski definition) is 4. The first kappa shape index (κ1) is 36.5. The zero-order valence-corrected chi connectivity index (χ0v) is 23.9. The normalized spacial score (nSPS) is 15.4.